The third-order valence-corrected chi connectivity index (χ3v) is 2.75. The van der Waals surface area contributed by atoms with Crippen molar-refractivity contribution in [2.24, 2.45) is 0 Å². The Bertz CT molecular complexity index is 448. The van der Waals surface area contributed by atoms with E-state index in [0.717, 1.165) is 5.56 Å². The number of carboxylic acids is 1. The van der Waals surface area contributed by atoms with Crippen molar-refractivity contribution in [3.8, 4) is 0 Å². The summed E-state index contributed by atoms with van der Waals surface area (Å²) in [7, 11) is 0. The van der Waals surface area contributed by atoms with Gasteiger partial charge in [-0.05, 0) is 11.6 Å². The normalized spacial score (nSPS) is 22.6. The zero-order valence-corrected chi connectivity index (χ0v) is 9.37. The molecular formula is C14H14O3. The van der Waals surface area contributed by atoms with Gasteiger partial charge in [0, 0.05) is 6.42 Å². The highest BCUT2D eigenvalue weighted by atomic mass is 16.5. The van der Waals surface area contributed by atoms with Crippen LogP contribution in [0.5, 0.6) is 0 Å². The standard InChI is InChI=1S/C14H14O3/c15-13(16)11-17-14(9-5-2-6-10-14)12-7-3-1-4-8-12/h1-9H,10-11H2,(H,15,16). The molecule has 1 aliphatic rings. The Morgan fingerprint density at radius 1 is 1.29 bits per heavy atom. The average Bonchev–Trinajstić information content (AvgIpc) is 2.39. The second kappa shape index (κ2) is 4.97. The fourth-order valence-electron chi connectivity index (χ4n) is 1.92. The molecule has 88 valence electrons. The maximum absolute atomic E-state index is 10.6. The van der Waals surface area contributed by atoms with Gasteiger partial charge < -0.3 is 9.84 Å². The van der Waals surface area contributed by atoms with Gasteiger partial charge in [-0.1, -0.05) is 48.6 Å². The zero-order chi connectivity index (χ0) is 12.1. The molecule has 3 nitrogen and oxygen atoms in total. The highest BCUT2D eigenvalue weighted by Crippen LogP contribution is 2.33. The van der Waals surface area contributed by atoms with Crippen LogP contribution < -0.4 is 0 Å². The smallest absolute Gasteiger partial charge is 0.329 e. The molecule has 1 aromatic rings. The molecule has 1 N–H and O–H groups in total. The molecule has 17 heavy (non-hydrogen) atoms. The summed E-state index contributed by atoms with van der Waals surface area (Å²) < 4.78 is 5.58. The fraction of sp³-hybridized carbons (Fsp3) is 0.214. The molecule has 1 unspecified atom stereocenters. The molecule has 0 aromatic heterocycles. The Morgan fingerprint density at radius 3 is 2.65 bits per heavy atom. The lowest BCUT2D eigenvalue weighted by Crippen LogP contribution is -2.30. The van der Waals surface area contributed by atoms with Gasteiger partial charge in [-0.3, -0.25) is 0 Å². The minimum absolute atomic E-state index is 0.299. The number of rotatable bonds is 4. The van der Waals surface area contributed by atoms with Gasteiger partial charge in [0.2, 0.25) is 0 Å². The quantitative estimate of drug-likeness (QED) is 0.864. The Balaban J connectivity index is 2.28. The number of allylic oxidation sites excluding steroid dienone is 2. The van der Waals surface area contributed by atoms with Crippen molar-refractivity contribution in [1.29, 1.82) is 0 Å². The van der Waals surface area contributed by atoms with E-state index < -0.39 is 11.6 Å². The van der Waals surface area contributed by atoms with Gasteiger partial charge in [-0.15, -0.1) is 0 Å². The van der Waals surface area contributed by atoms with E-state index in [1.807, 2.05) is 54.6 Å². The van der Waals surface area contributed by atoms with Gasteiger partial charge in [0.1, 0.15) is 12.2 Å². The number of benzene rings is 1. The molecule has 0 saturated heterocycles. The monoisotopic (exact) mass is 230 g/mol. The van der Waals surface area contributed by atoms with E-state index in [1.54, 1.807) is 0 Å². The predicted molar refractivity (Wildman–Crippen MR) is 64.6 cm³/mol. The molecule has 0 spiro atoms. The van der Waals surface area contributed by atoms with Crippen molar-refractivity contribution in [2.45, 2.75) is 12.0 Å². The minimum atomic E-state index is -0.955. The Labute approximate surface area is 100 Å². The maximum atomic E-state index is 10.6. The van der Waals surface area contributed by atoms with Gasteiger partial charge in [0.05, 0.1) is 0 Å². The lowest BCUT2D eigenvalue weighted by Gasteiger charge is -2.31. The number of aliphatic carboxylic acids is 1. The molecule has 0 amide bonds. The van der Waals surface area contributed by atoms with E-state index in [0.29, 0.717) is 6.42 Å². The molecule has 0 bridgehead atoms. The van der Waals surface area contributed by atoms with Crippen molar-refractivity contribution in [3.63, 3.8) is 0 Å². The molecular weight excluding hydrogens is 216 g/mol. The van der Waals surface area contributed by atoms with Crippen molar-refractivity contribution in [3.05, 3.63) is 60.2 Å². The largest absolute Gasteiger partial charge is 0.480 e. The Kier molecular flexibility index (Phi) is 3.40. The lowest BCUT2D eigenvalue weighted by atomic mass is 9.87. The number of hydrogen-bond acceptors (Lipinski definition) is 2. The van der Waals surface area contributed by atoms with Crippen LogP contribution in [0.3, 0.4) is 0 Å². The second-order valence-corrected chi connectivity index (χ2v) is 3.93. The van der Waals surface area contributed by atoms with Crippen LogP contribution in [0.1, 0.15) is 12.0 Å². The molecule has 1 atom stereocenters. The van der Waals surface area contributed by atoms with Crippen molar-refractivity contribution in [2.75, 3.05) is 6.61 Å². The van der Waals surface area contributed by atoms with Crippen molar-refractivity contribution < 1.29 is 14.6 Å². The highest BCUT2D eigenvalue weighted by molar-refractivity contribution is 5.68. The first-order valence-corrected chi connectivity index (χ1v) is 5.49. The van der Waals surface area contributed by atoms with Gasteiger partial charge in [-0.25, -0.2) is 4.79 Å². The van der Waals surface area contributed by atoms with Crippen LogP contribution >= 0.6 is 0 Å². The van der Waals surface area contributed by atoms with Gasteiger partial charge >= 0.3 is 5.97 Å². The molecule has 1 aliphatic carbocycles. The van der Waals surface area contributed by atoms with Crippen LogP contribution in [-0.4, -0.2) is 17.7 Å². The molecule has 0 saturated carbocycles. The van der Waals surface area contributed by atoms with Crippen LogP contribution in [0.4, 0.5) is 0 Å². The molecule has 0 heterocycles. The molecule has 0 fully saturated rings. The first-order chi connectivity index (χ1) is 8.23. The van der Waals surface area contributed by atoms with E-state index in [2.05, 4.69) is 0 Å². The number of hydrogen-bond donors (Lipinski definition) is 1. The number of carboxylic acid groups (broad SMARTS) is 1. The first-order valence-electron chi connectivity index (χ1n) is 5.49. The molecule has 0 aliphatic heterocycles. The van der Waals surface area contributed by atoms with Gasteiger partial charge in [0.15, 0.2) is 0 Å². The SMILES string of the molecule is O=C(O)COC1(c2ccccc2)C=CC=CC1. The van der Waals surface area contributed by atoms with Crippen LogP contribution in [0.25, 0.3) is 0 Å². The van der Waals surface area contributed by atoms with Crippen LogP contribution in [0, 0.1) is 0 Å². The average molecular weight is 230 g/mol. The predicted octanol–water partition coefficient (Wildman–Crippen LogP) is 2.50. The Morgan fingerprint density at radius 2 is 2.06 bits per heavy atom. The van der Waals surface area contributed by atoms with Crippen molar-refractivity contribution in [1.82, 2.24) is 0 Å². The third kappa shape index (κ3) is 2.63. The fourth-order valence-corrected chi connectivity index (χ4v) is 1.92. The van der Waals surface area contributed by atoms with E-state index in [9.17, 15) is 4.79 Å². The van der Waals surface area contributed by atoms with Crippen molar-refractivity contribution >= 4 is 5.97 Å². The first kappa shape index (κ1) is 11.6. The van der Waals surface area contributed by atoms with E-state index in [-0.39, 0.29) is 6.61 Å². The third-order valence-electron chi connectivity index (χ3n) is 2.75. The lowest BCUT2D eigenvalue weighted by molar-refractivity contribution is -0.147. The summed E-state index contributed by atoms with van der Waals surface area (Å²) in [5.41, 5.74) is 0.329. The highest BCUT2D eigenvalue weighted by Gasteiger charge is 2.30. The zero-order valence-electron chi connectivity index (χ0n) is 9.37. The van der Waals surface area contributed by atoms with E-state index >= 15 is 0 Å². The van der Waals surface area contributed by atoms with Crippen LogP contribution in [0.2, 0.25) is 0 Å². The summed E-state index contributed by atoms with van der Waals surface area (Å²) >= 11 is 0. The summed E-state index contributed by atoms with van der Waals surface area (Å²) in [6.07, 6.45) is 8.37. The summed E-state index contributed by atoms with van der Waals surface area (Å²) in [5, 5.41) is 8.74. The molecule has 3 heteroatoms. The van der Waals surface area contributed by atoms with Crippen LogP contribution in [0.15, 0.2) is 54.6 Å². The summed E-state index contributed by atoms with van der Waals surface area (Å²) in [6.45, 7) is -0.299. The summed E-state index contributed by atoms with van der Waals surface area (Å²) in [5.74, 6) is -0.955. The molecule has 1 aromatic carbocycles. The topological polar surface area (TPSA) is 46.5 Å². The summed E-state index contributed by atoms with van der Waals surface area (Å²) in [4.78, 5) is 10.6. The van der Waals surface area contributed by atoms with Gasteiger partial charge in [0.25, 0.3) is 0 Å². The second-order valence-electron chi connectivity index (χ2n) is 3.93. The Hall–Kier alpha value is -1.87. The van der Waals surface area contributed by atoms with E-state index in [4.69, 9.17) is 9.84 Å². The summed E-state index contributed by atoms with van der Waals surface area (Å²) in [6, 6.07) is 9.67. The number of ether oxygens (including phenoxy) is 1. The van der Waals surface area contributed by atoms with E-state index in [1.165, 1.54) is 0 Å². The van der Waals surface area contributed by atoms with Crippen LogP contribution in [-0.2, 0) is 15.1 Å². The minimum Gasteiger partial charge on any atom is -0.480 e. The van der Waals surface area contributed by atoms with Gasteiger partial charge in [-0.2, -0.15) is 0 Å². The number of carbonyl (C=O) groups is 1. The molecule has 0 radical (unpaired) electrons. The maximum Gasteiger partial charge on any atom is 0.329 e. The molecule has 2 rings (SSSR count).